The fourth-order valence-corrected chi connectivity index (χ4v) is 3.43. The van der Waals surface area contributed by atoms with Crippen molar-refractivity contribution in [3.05, 3.63) is 47.2 Å². The first-order valence-corrected chi connectivity index (χ1v) is 9.11. The Hall–Kier alpha value is -3.15. The lowest BCUT2D eigenvalue weighted by molar-refractivity contribution is 0.0342. The van der Waals surface area contributed by atoms with E-state index >= 15 is 0 Å². The van der Waals surface area contributed by atoms with Crippen molar-refractivity contribution in [2.24, 2.45) is 11.7 Å². The minimum Gasteiger partial charge on any atom is -0.379 e. The topological polar surface area (TPSA) is 119 Å². The molecule has 2 aromatic heterocycles. The number of benzene rings is 1. The van der Waals surface area contributed by atoms with Crippen molar-refractivity contribution < 1.29 is 9.53 Å². The molecule has 1 unspecified atom stereocenters. The van der Waals surface area contributed by atoms with Crippen LogP contribution in [0.15, 0.2) is 36.7 Å². The molecule has 1 fully saturated rings. The zero-order chi connectivity index (χ0) is 19.7. The maximum Gasteiger partial charge on any atom is 0.254 e. The number of amides is 1. The Morgan fingerprint density at radius 3 is 3.07 bits per heavy atom. The summed E-state index contributed by atoms with van der Waals surface area (Å²) in [6.07, 6.45) is 3.81. The van der Waals surface area contributed by atoms with Crippen LogP contribution in [0.5, 0.6) is 0 Å². The van der Waals surface area contributed by atoms with Gasteiger partial charge in [0.15, 0.2) is 5.82 Å². The number of aromatic nitrogens is 3. The molecule has 9 heteroatoms. The van der Waals surface area contributed by atoms with Crippen LogP contribution < -0.4 is 11.1 Å². The molecule has 3 heterocycles. The molecule has 1 saturated heterocycles. The van der Waals surface area contributed by atoms with Gasteiger partial charge in [-0.25, -0.2) is 0 Å². The zero-order valence-corrected chi connectivity index (χ0v) is 15.6. The Balaban J connectivity index is 1.67. The van der Waals surface area contributed by atoms with Crippen LogP contribution >= 0.6 is 11.6 Å². The molecule has 28 heavy (non-hydrogen) atoms. The van der Waals surface area contributed by atoms with Crippen molar-refractivity contribution in [1.29, 1.82) is 5.26 Å². The van der Waals surface area contributed by atoms with Crippen LogP contribution in [0.4, 0.5) is 11.5 Å². The Morgan fingerprint density at radius 1 is 1.43 bits per heavy atom. The molecule has 0 aliphatic carbocycles. The zero-order valence-electron chi connectivity index (χ0n) is 14.8. The minimum absolute atomic E-state index is 0.235. The number of primary amides is 1. The third-order valence-corrected chi connectivity index (χ3v) is 4.97. The lowest BCUT2D eigenvalue weighted by Crippen LogP contribution is -2.29. The van der Waals surface area contributed by atoms with Gasteiger partial charge in [0, 0.05) is 23.2 Å². The average molecular weight is 397 g/mol. The van der Waals surface area contributed by atoms with E-state index < -0.39 is 5.91 Å². The molecule has 3 N–H and O–H groups in total. The largest absolute Gasteiger partial charge is 0.379 e. The molecular formula is C19H17ClN6O2. The normalized spacial score (nSPS) is 19.3. The Kier molecular flexibility index (Phi) is 4.86. The molecule has 1 aromatic carbocycles. The summed E-state index contributed by atoms with van der Waals surface area (Å²) in [6, 6.07) is 9.31. The SMILES string of the molecule is N#CC1CCOC[C@H]1n1cc(C(N)=O)c(Nc2cnc3cc(Cl)ccc3c2)n1. The van der Waals surface area contributed by atoms with Crippen molar-refractivity contribution in [1.82, 2.24) is 14.8 Å². The first kappa shape index (κ1) is 18.2. The van der Waals surface area contributed by atoms with E-state index in [0.29, 0.717) is 36.2 Å². The summed E-state index contributed by atoms with van der Waals surface area (Å²) in [5.41, 5.74) is 7.17. The average Bonchev–Trinajstić information content (AvgIpc) is 3.12. The molecule has 0 saturated carbocycles. The molecule has 0 spiro atoms. The van der Waals surface area contributed by atoms with Gasteiger partial charge in [-0.05, 0) is 24.6 Å². The van der Waals surface area contributed by atoms with Crippen molar-refractivity contribution in [3.8, 4) is 6.07 Å². The fraction of sp³-hybridized carbons (Fsp3) is 0.263. The molecule has 8 nitrogen and oxygen atoms in total. The maximum absolute atomic E-state index is 11.9. The molecule has 1 aliphatic rings. The van der Waals surface area contributed by atoms with Gasteiger partial charge in [0.25, 0.3) is 5.91 Å². The second-order valence-electron chi connectivity index (χ2n) is 6.59. The Bertz CT molecular complexity index is 1090. The number of hydrogen-bond acceptors (Lipinski definition) is 6. The van der Waals surface area contributed by atoms with Gasteiger partial charge in [-0.3, -0.25) is 14.5 Å². The molecule has 3 aromatic rings. The van der Waals surface area contributed by atoms with E-state index in [1.807, 2.05) is 12.1 Å². The highest BCUT2D eigenvalue weighted by molar-refractivity contribution is 6.31. The number of pyridine rings is 1. The number of halogens is 1. The lowest BCUT2D eigenvalue weighted by Gasteiger charge is -2.26. The van der Waals surface area contributed by atoms with Gasteiger partial charge in [-0.1, -0.05) is 17.7 Å². The van der Waals surface area contributed by atoms with E-state index in [-0.39, 0.29) is 17.5 Å². The van der Waals surface area contributed by atoms with Crippen LogP contribution in [0.2, 0.25) is 5.02 Å². The monoisotopic (exact) mass is 396 g/mol. The molecule has 0 bridgehead atoms. The number of nitriles is 1. The summed E-state index contributed by atoms with van der Waals surface area (Å²) in [7, 11) is 0. The minimum atomic E-state index is -0.612. The second kappa shape index (κ2) is 7.46. The van der Waals surface area contributed by atoms with E-state index in [0.717, 1.165) is 10.9 Å². The van der Waals surface area contributed by atoms with Gasteiger partial charge in [-0.2, -0.15) is 10.4 Å². The number of hydrogen-bond donors (Lipinski definition) is 2. The van der Waals surface area contributed by atoms with E-state index in [9.17, 15) is 10.1 Å². The molecule has 4 rings (SSSR count). The summed E-state index contributed by atoms with van der Waals surface area (Å²) in [5.74, 6) is -0.543. The van der Waals surface area contributed by atoms with Gasteiger partial charge in [0.05, 0.1) is 42.0 Å². The van der Waals surface area contributed by atoms with E-state index in [4.69, 9.17) is 22.1 Å². The van der Waals surface area contributed by atoms with E-state index in [1.54, 1.807) is 29.2 Å². The van der Waals surface area contributed by atoms with Crippen LogP contribution in [-0.4, -0.2) is 33.9 Å². The number of carbonyl (C=O) groups excluding carboxylic acids is 1. The van der Waals surface area contributed by atoms with Crippen LogP contribution in [0, 0.1) is 17.2 Å². The van der Waals surface area contributed by atoms with Gasteiger partial charge in [-0.15, -0.1) is 0 Å². The van der Waals surface area contributed by atoms with Crippen molar-refractivity contribution in [2.75, 3.05) is 18.5 Å². The van der Waals surface area contributed by atoms with Gasteiger partial charge < -0.3 is 15.8 Å². The number of fused-ring (bicyclic) bond motifs is 1. The van der Waals surface area contributed by atoms with E-state index in [1.165, 1.54) is 0 Å². The summed E-state index contributed by atoms with van der Waals surface area (Å²) >= 11 is 5.99. The number of nitrogens with zero attached hydrogens (tertiary/aromatic N) is 4. The molecule has 2 atom stereocenters. The quantitative estimate of drug-likeness (QED) is 0.699. The smallest absolute Gasteiger partial charge is 0.254 e. The van der Waals surface area contributed by atoms with Gasteiger partial charge in [0.1, 0.15) is 5.56 Å². The lowest BCUT2D eigenvalue weighted by atomic mass is 9.97. The third-order valence-electron chi connectivity index (χ3n) is 4.74. The molecule has 1 aliphatic heterocycles. The summed E-state index contributed by atoms with van der Waals surface area (Å²) in [4.78, 5) is 16.3. The number of anilines is 2. The molecule has 142 valence electrons. The van der Waals surface area contributed by atoms with Gasteiger partial charge in [0.2, 0.25) is 0 Å². The van der Waals surface area contributed by atoms with Crippen LogP contribution in [0.1, 0.15) is 22.8 Å². The Labute approximate surface area is 165 Å². The van der Waals surface area contributed by atoms with Crippen LogP contribution in [-0.2, 0) is 4.74 Å². The molecular weight excluding hydrogens is 380 g/mol. The fourth-order valence-electron chi connectivity index (χ4n) is 3.27. The highest BCUT2D eigenvalue weighted by Gasteiger charge is 2.29. The summed E-state index contributed by atoms with van der Waals surface area (Å²) < 4.78 is 7.07. The summed E-state index contributed by atoms with van der Waals surface area (Å²) in [5, 5.41) is 18.5. The molecule has 1 amide bonds. The van der Waals surface area contributed by atoms with Crippen LogP contribution in [0.3, 0.4) is 0 Å². The standard InChI is InChI=1S/C19H17ClN6O2/c20-13-2-1-11-5-14(8-23-16(11)6-13)24-19-15(18(22)27)9-26(25-19)17-10-28-4-3-12(17)7-21/h1-2,5-6,8-9,12,17H,3-4,10H2,(H2,22,27)(H,24,25)/t12?,17-/m1/s1. The van der Waals surface area contributed by atoms with Crippen molar-refractivity contribution in [2.45, 2.75) is 12.5 Å². The van der Waals surface area contributed by atoms with E-state index in [2.05, 4.69) is 21.5 Å². The summed E-state index contributed by atoms with van der Waals surface area (Å²) in [6.45, 7) is 0.895. The highest BCUT2D eigenvalue weighted by Crippen LogP contribution is 2.29. The number of ether oxygens (including phenoxy) is 1. The van der Waals surface area contributed by atoms with Crippen molar-refractivity contribution >= 4 is 39.9 Å². The second-order valence-corrected chi connectivity index (χ2v) is 7.02. The number of nitrogens with two attached hydrogens (primary N) is 1. The maximum atomic E-state index is 11.9. The third kappa shape index (κ3) is 3.50. The number of carbonyl (C=O) groups is 1. The first-order valence-electron chi connectivity index (χ1n) is 8.74. The van der Waals surface area contributed by atoms with Crippen LogP contribution in [0.25, 0.3) is 10.9 Å². The highest BCUT2D eigenvalue weighted by atomic mass is 35.5. The van der Waals surface area contributed by atoms with Gasteiger partial charge >= 0.3 is 0 Å². The number of rotatable bonds is 4. The van der Waals surface area contributed by atoms with Crippen molar-refractivity contribution in [3.63, 3.8) is 0 Å². The predicted molar refractivity (Wildman–Crippen MR) is 104 cm³/mol. The number of nitrogens with one attached hydrogen (secondary N) is 1. The predicted octanol–water partition coefficient (Wildman–Crippen LogP) is 3.03. The Morgan fingerprint density at radius 2 is 2.29 bits per heavy atom. The molecule has 0 radical (unpaired) electrons. The first-order chi connectivity index (χ1) is 13.5.